The van der Waals surface area contributed by atoms with E-state index in [1.807, 2.05) is 0 Å². The molecular weight excluding hydrogens is 293 g/mol. The maximum Gasteiger partial charge on any atom is 0.227 e. The normalized spacial score (nSPS) is 10.9. The summed E-state index contributed by atoms with van der Waals surface area (Å²) in [7, 11) is 0. The third-order valence-electron chi connectivity index (χ3n) is 2.75. The van der Waals surface area contributed by atoms with Crippen LogP contribution in [-0.4, -0.2) is 31.4 Å². The molecule has 0 unspecified atom stereocenters. The molecule has 3 aromatic rings. The van der Waals surface area contributed by atoms with Gasteiger partial charge in [0.15, 0.2) is 5.65 Å². The summed E-state index contributed by atoms with van der Waals surface area (Å²) in [5, 5.41) is 5.59. The first-order valence-corrected chi connectivity index (χ1v) is 6.99. The van der Waals surface area contributed by atoms with E-state index in [2.05, 4.69) is 15.1 Å². The van der Waals surface area contributed by atoms with Crippen molar-refractivity contribution in [1.29, 1.82) is 0 Å². The Kier molecular flexibility index (Phi) is 3.53. The number of nitrogens with zero attached hydrogens (tertiary/aromatic N) is 4. The highest BCUT2D eigenvalue weighted by molar-refractivity contribution is 8.00. The number of fused-ring (bicyclic) bond motifs is 1. The van der Waals surface area contributed by atoms with Crippen LogP contribution in [-0.2, 0) is 4.79 Å². The molecule has 6 nitrogen and oxygen atoms in total. The van der Waals surface area contributed by atoms with Crippen LogP contribution in [0.5, 0.6) is 0 Å². The Bertz CT molecular complexity index is 802. The monoisotopic (exact) mass is 303 g/mol. The fourth-order valence-corrected chi connectivity index (χ4v) is 2.55. The molecule has 0 atom stereocenters. The molecule has 0 aliphatic carbocycles. The molecular formula is C13H10FN5OS. The van der Waals surface area contributed by atoms with E-state index in [0.29, 0.717) is 21.7 Å². The van der Waals surface area contributed by atoms with Crippen molar-refractivity contribution in [3.8, 4) is 5.69 Å². The average Bonchev–Trinajstić information content (AvgIpc) is 2.90. The number of benzene rings is 1. The molecule has 2 heterocycles. The lowest BCUT2D eigenvalue weighted by molar-refractivity contribution is -0.115. The van der Waals surface area contributed by atoms with E-state index in [9.17, 15) is 9.18 Å². The zero-order valence-corrected chi connectivity index (χ0v) is 11.5. The highest BCUT2D eigenvalue weighted by Gasteiger charge is 2.12. The Morgan fingerprint density at radius 1 is 1.29 bits per heavy atom. The van der Waals surface area contributed by atoms with Gasteiger partial charge < -0.3 is 5.73 Å². The average molecular weight is 303 g/mol. The maximum atomic E-state index is 13.0. The van der Waals surface area contributed by atoms with Crippen LogP contribution in [0.25, 0.3) is 16.7 Å². The van der Waals surface area contributed by atoms with Crippen molar-refractivity contribution in [2.24, 2.45) is 5.73 Å². The van der Waals surface area contributed by atoms with Gasteiger partial charge in [0.05, 0.1) is 23.0 Å². The van der Waals surface area contributed by atoms with E-state index < -0.39 is 5.91 Å². The molecule has 0 aliphatic rings. The molecule has 106 valence electrons. The minimum Gasteiger partial charge on any atom is -0.369 e. The van der Waals surface area contributed by atoms with Gasteiger partial charge in [0.1, 0.15) is 17.2 Å². The zero-order valence-electron chi connectivity index (χ0n) is 10.7. The molecule has 1 aromatic carbocycles. The van der Waals surface area contributed by atoms with Gasteiger partial charge >= 0.3 is 0 Å². The number of amides is 1. The topological polar surface area (TPSA) is 86.7 Å². The van der Waals surface area contributed by atoms with Gasteiger partial charge in [0.25, 0.3) is 0 Å². The lowest BCUT2D eigenvalue weighted by Crippen LogP contribution is -2.13. The minimum atomic E-state index is -0.419. The number of nitrogens with two attached hydrogens (primary N) is 1. The molecule has 0 saturated carbocycles. The first kappa shape index (κ1) is 13.5. The van der Waals surface area contributed by atoms with E-state index in [-0.39, 0.29) is 11.6 Å². The molecule has 1 amide bonds. The summed E-state index contributed by atoms with van der Waals surface area (Å²) in [6.07, 6.45) is 3.01. The first-order chi connectivity index (χ1) is 10.1. The third-order valence-corrected chi connectivity index (χ3v) is 3.78. The first-order valence-electron chi connectivity index (χ1n) is 6.01. The number of aromatic nitrogens is 4. The van der Waals surface area contributed by atoms with E-state index in [4.69, 9.17) is 5.73 Å². The van der Waals surface area contributed by atoms with Crippen molar-refractivity contribution in [1.82, 2.24) is 19.7 Å². The molecule has 2 aromatic heterocycles. The predicted octanol–water partition coefficient (Wildman–Crippen LogP) is 1.53. The van der Waals surface area contributed by atoms with Gasteiger partial charge in [-0.3, -0.25) is 4.79 Å². The fourth-order valence-electron chi connectivity index (χ4n) is 1.85. The Morgan fingerprint density at radius 3 is 2.76 bits per heavy atom. The standard InChI is InChI=1S/C13H10FN5OS/c14-8-1-3-9(4-2-8)19-12-10(5-18-19)13(17-7-16-12)21-6-11(15)20/h1-5,7H,6H2,(H2,15,20). The summed E-state index contributed by atoms with van der Waals surface area (Å²) in [4.78, 5) is 19.2. The molecule has 8 heteroatoms. The fraction of sp³-hybridized carbons (Fsp3) is 0.0769. The second-order valence-electron chi connectivity index (χ2n) is 4.20. The zero-order chi connectivity index (χ0) is 14.8. The van der Waals surface area contributed by atoms with Gasteiger partial charge in [-0.25, -0.2) is 19.0 Å². The molecule has 0 aliphatic heterocycles. The van der Waals surface area contributed by atoms with Crippen LogP contribution >= 0.6 is 11.8 Å². The van der Waals surface area contributed by atoms with E-state index in [1.165, 1.54) is 30.2 Å². The van der Waals surface area contributed by atoms with Crippen molar-refractivity contribution >= 4 is 28.7 Å². The molecule has 0 saturated heterocycles. The predicted molar refractivity (Wildman–Crippen MR) is 76.5 cm³/mol. The Labute approximate surface area is 123 Å². The number of halogens is 1. The number of hydrogen-bond acceptors (Lipinski definition) is 5. The van der Waals surface area contributed by atoms with Gasteiger partial charge in [0, 0.05) is 0 Å². The van der Waals surface area contributed by atoms with E-state index in [0.717, 1.165) is 0 Å². The van der Waals surface area contributed by atoms with Crippen molar-refractivity contribution in [2.75, 3.05) is 5.75 Å². The third kappa shape index (κ3) is 2.70. The Balaban J connectivity index is 2.04. The molecule has 21 heavy (non-hydrogen) atoms. The number of thioether (sulfide) groups is 1. The van der Waals surface area contributed by atoms with Gasteiger partial charge in [-0.05, 0) is 24.3 Å². The summed E-state index contributed by atoms with van der Waals surface area (Å²) in [5.41, 5.74) is 6.41. The molecule has 0 radical (unpaired) electrons. The lowest BCUT2D eigenvalue weighted by Gasteiger charge is -2.03. The summed E-state index contributed by atoms with van der Waals surface area (Å²) in [6, 6.07) is 5.93. The SMILES string of the molecule is NC(=O)CSc1ncnc2c1cnn2-c1ccc(F)cc1. The van der Waals surface area contributed by atoms with Gasteiger partial charge in [-0.1, -0.05) is 11.8 Å². The maximum absolute atomic E-state index is 13.0. The molecule has 0 spiro atoms. The van der Waals surface area contributed by atoms with Gasteiger partial charge in [-0.15, -0.1) is 0 Å². The minimum absolute atomic E-state index is 0.133. The number of carbonyl (C=O) groups is 1. The van der Waals surface area contributed by atoms with Crippen LogP contribution < -0.4 is 5.73 Å². The second kappa shape index (κ2) is 5.49. The second-order valence-corrected chi connectivity index (χ2v) is 5.17. The summed E-state index contributed by atoms with van der Waals surface area (Å²) in [6.45, 7) is 0. The molecule has 0 bridgehead atoms. The number of carbonyl (C=O) groups excluding carboxylic acids is 1. The van der Waals surface area contributed by atoms with E-state index >= 15 is 0 Å². The lowest BCUT2D eigenvalue weighted by atomic mass is 10.3. The quantitative estimate of drug-likeness (QED) is 0.583. The van der Waals surface area contributed by atoms with Crippen LogP contribution in [0.15, 0.2) is 41.8 Å². The largest absolute Gasteiger partial charge is 0.369 e. The molecule has 3 rings (SSSR count). The summed E-state index contributed by atoms with van der Waals surface area (Å²) in [5.74, 6) is -0.603. The smallest absolute Gasteiger partial charge is 0.227 e. The Hall–Kier alpha value is -2.48. The van der Waals surface area contributed by atoms with Crippen LogP contribution in [0, 0.1) is 5.82 Å². The highest BCUT2D eigenvalue weighted by atomic mass is 32.2. The summed E-state index contributed by atoms with van der Waals surface area (Å²) < 4.78 is 14.6. The number of rotatable bonds is 4. The van der Waals surface area contributed by atoms with Crippen molar-refractivity contribution in [3.63, 3.8) is 0 Å². The van der Waals surface area contributed by atoms with E-state index in [1.54, 1.807) is 23.0 Å². The van der Waals surface area contributed by atoms with Gasteiger partial charge in [0.2, 0.25) is 5.91 Å². The van der Waals surface area contributed by atoms with Crippen molar-refractivity contribution in [2.45, 2.75) is 5.03 Å². The van der Waals surface area contributed by atoms with Crippen molar-refractivity contribution < 1.29 is 9.18 Å². The van der Waals surface area contributed by atoms with Crippen LogP contribution in [0.1, 0.15) is 0 Å². The van der Waals surface area contributed by atoms with Crippen LogP contribution in [0.3, 0.4) is 0 Å². The number of hydrogen-bond donors (Lipinski definition) is 1. The van der Waals surface area contributed by atoms with Crippen LogP contribution in [0.4, 0.5) is 4.39 Å². The number of primary amides is 1. The Morgan fingerprint density at radius 2 is 2.05 bits per heavy atom. The molecule has 2 N–H and O–H groups in total. The van der Waals surface area contributed by atoms with Crippen LogP contribution in [0.2, 0.25) is 0 Å². The highest BCUT2D eigenvalue weighted by Crippen LogP contribution is 2.25. The summed E-state index contributed by atoms with van der Waals surface area (Å²) >= 11 is 1.23. The molecule has 0 fully saturated rings. The van der Waals surface area contributed by atoms with Crippen molar-refractivity contribution in [3.05, 3.63) is 42.6 Å². The van der Waals surface area contributed by atoms with Gasteiger partial charge in [-0.2, -0.15) is 5.10 Å².